The number of nitrogens with zero attached hydrogens (tertiary/aromatic N) is 2. The number of carbonyl (C=O) groups excluding carboxylic acids is 1. The Morgan fingerprint density at radius 1 is 1.23 bits per heavy atom. The second-order valence-corrected chi connectivity index (χ2v) is 8.25. The second kappa shape index (κ2) is 7.02. The van der Waals surface area contributed by atoms with Crippen molar-refractivity contribution in [3.8, 4) is 0 Å². The van der Waals surface area contributed by atoms with E-state index in [1.165, 1.54) is 10.9 Å². The number of hydrogen-bond donors (Lipinski definition) is 0. The van der Waals surface area contributed by atoms with Gasteiger partial charge in [0.05, 0.1) is 4.34 Å². The number of halogens is 2. The van der Waals surface area contributed by atoms with Crippen LogP contribution in [0.25, 0.3) is 11.0 Å². The van der Waals surface area contributed by atoms with E-state index in [0.717, 1.165) is 24.0 Å². The molecule has 1 fully saturated rings. The third-order valence-corrected chi connectivity index (χ3v) is 5.99. The molecular weight excluding hydrogens is 375 g/mol. The van der Waals surface area contributed by atoms with Gasteiger partial charge in [0.15, 0.2) is 17.2 Å². The van der Waals surface area contributed by atoms with E-state index in [4.69, 9.17) is 16.0 Å². The molecule has 0 saturated carbocycles. The highest BCUT2D eigenvalue weighted by Crippen LogP contribution is 2.28. The van der Waals surface area contributed by atoms with E-state index < -0.39 is 5.82 Å². The summed E-state index contributed by atoms with van der Waals surface area (Å²) in [5.41, 5.74) is 0.849. The predicted octanol–water partition coefficient (Wildman–Crippen LogP) is 4.55. The van der Waals surface area contributed by atoms with Crippen molar-refractivity contribution < 1.29 is 13.6 Å². The molecular formula is C19H18ClFN2O2S. The molecule has 0 spiro atoms. The number of benzene rings is 1. The minimum atomic E-state index is -0.441. The standard InChI is InChI=1S/C19H18ClFN2O2S/c1-12-14-3-2-4-15(21)18(14)25-17(12)19(24)23-9-7-22(8-10-23)11-13-5-6-16(20)26-13/h2-6H,7-11H2,1H3. The highest BCUT2D eigenvalue weighted by molar-refractivity contribution is 7.16. The van der Waals surface area contributed by atoms with Gasteiger partial charge in [-0.3, -0.25) is 9.69 Å². The first kappa shape index (κ1) is 17.5. The van der Waals surface area contributed by atoms with Crippen molar-refractivity contribution in [3.05, 3.63) is 56.7 Å². The molecule has 4 nitrogen and oxygen atoms in total. The summed E-state index contributed by atoms with van der Waals surface area (Å²) in [7, 11) is 0. The van der Waals surface area contributed by atoms with Gasteiger partial charge in [-0.1, -0.05) is 23.7 Å². The molecule has 136 valence electrons. The molecule has 0 bridgehead atoms. The van der Waals surface area contributed by atoms with E-state index in [2.05, 4.69) is 4.90 Å². The fourth-order valence-electron chi connectivity index (χ4n) is 3.32. The van der Waals surface area contributed by atoms with Crippen molar-refractivity contribution in [2.75, 3.05) is 26.2 Å². The smallest absolute Gasteiger partial charge is 0.289 e. The average Bonchev–Trinajstić information content (AvgIpc) is 3.19. The summed E-state index contributed by atoms with van der Waals surface area (Å²) in [6.45, 7) is 5.46. The molecule has 0 aliphatic carbocycles. The van der Waals surface area contributed by atoms with E-state index in [-0.39, 0.29) is 17.3 Å². The SMILES string of the molecule is Cc1c(C(=O)N2CCN(Cc3ccc(Cl)s3)CC2)oc2c(F)cccc12. The number of furan rings is 1. The molecule has 1 aliphatic rings. The summed E-state index contributed by atoms with van der Waals surface area (Å²) >= 11 is 7.56. The molecule has 7 heteroatoms. The van der Waals surface area contributed by atoms with Crippen molar-refractivity contribution >= 4 is 39.8 Å². The Bertz CT molecular complexity index is 960. The minimum Gasteiger partial charge on any atom is -0.448 e. The van der Waals surface area contributed by atoms with Gasteiger partial charge in [-0.15, -0.1) is 11.3 Å². The summed E-state index contributed by atoms with van der Waals surface area (Å²) in [4.78, 5) is 18.1. The lowest BCUT2D eigenvalue weighted by Gasteiger charge is -2.34. The van der Waals surface area contributed by atoms with Crippen LogP contribution in [0.15, 0.2) is 34.7 Å². The molecule has 0 unspecified atom stereocenters. The summed E-state index contributed by atoms with van der Waals surface area (Å²) in [6, 6.07) is 8.69. The van der Waals surface area contributed by atoms with E-state index in [0.29, 0.717) is 24.0 Å². The number of amides is 1. The van der Waals surface area contributed by atoms with Gasteiger partial charge in [-0.25, -0.2) is 4.39 Å². The fourth-order valence-corrected chi connectivity index (χ4v) is 4.45. The van der Waals surface area contributed by atoms with Gasteiger partial charge in [-0.2, -0.15) is 0 Å². The second-order valence-electron chi connectivity index (χ2n) is 6.45. The Morgan fingerprint density at radius 2 is 2.00 bits per heavy atom. The largest absolute Gasteiger partial charge is 0.448 e. The van der Waals surface area contributed by atoms with Crippen LogP contribution in [0.5, 0.6) is 0 Å². The average molecular weight is 393 g/mol. The van der Waals surface area contributed by atoms with Gasteiger partial charge in [0, 0.05) is 48.6 Å². The van der Waals surface area contributed by atoms with Gasteiger partial charge in [0.1, 0.15) is 0 Å². The number of thiophene rings is 1. The highest BCUT2D eigenvalue weighted by Gasteiger charge is 2.27. The van der Waals surface area contributed by atoms with Gasteiger partial charge in [0.2, 0.25) is 0 Å². The Morgan fingerprint density at radius 3 is 2.65 bits per heavy atom. The molecule has 3 aromatic rings. The number of carbonyl (C=O) groups is 1. The predicted molar refractivity (Wildman–Crippen MR) is 101 cm³/mol. The summed E-state index contributed by atoms with van der Waals surface area (Å²) in [6.07, 6.45) is 0. The van der Waals surface area contributed by atoms with Crippen LogP contribution in [0.1, 0.15) is 21.0 Å². The normalized spacial score (nSPS) is 15.7. The minimum absolute atomic E-state index is 0.154. The summed E-state index contributed by atoms with van der Waals surface area (Å²) in [5.74, 6) is -0.371. The Hall–Kier alpha value is -1.89. The van der Waals surface area contributed by atoms with Crippen molar-refractivity contribution in [1.82, 2.24) is 9.80 Å². The first-order chi connectivity index (χ1) is 12.5. The monoisotopic (exact) mass is 392 g/mol. The topological polar surface area (TPSA) is 36.7 Å². The zero-order valence-electron chi connectivity index (χ0n) is 14.3. The number of para-hydroxylation sites is 1. The first-order valence-electron chi connectivity index (χ1n) is 8.46. The van der Waals surface area contributed by atoms with Crippen LogP contribution >= 0.6 is 22.9 Å². The Balaban J connectivity index is 1.45. The lowest BCUT2D eigenvalue weighted by atomic mass is 10.1. The Kier molecular flexibility index (Phi) is 4.73. The third-order valence-electron chi connectivity index (χ3n) is 4.78. The maximum Gasteiger partial charge on any atom is 0.289 e. The molecule has 26 heavy (non-hydrogen) atoms. The maximum atomic E-state index is 13.9. The fraction of sp³-hybridized carbons (Fsp3) is 0.316. The number of fused-ring (bicyclic) bond motifs is 1. The highest BCUT2D eigenvalue weighted by atomic mass is 35.5. The van der Waals surface area contributed by atoms with E-state index >= 15 is 0 Å². The zero-order valence-corrected chi connectivity index (χ0v) is 15.9. The number of piperazine rings is 1. The molecule has 1 aliphatic heterocycles. The van der Waals surface area contributed by atoms with E-state index in [1.54, 1.807) is 35.3 Å². The molecule has 1 amide bonds. The molecule has 4 rings (SSSR count). The summed E-state index contributed by atoms with van der Waals surface area (Å²) in [5, 5.41) is 0.654. The number of aryl methyl sites for hydroxylation is 1. The number of hydrogen-bond acceptors (Lipinski definition) is 4. The van der Waals surface area contributed by atoms with Crippen molar-refractivity contribution in [2.24, 2.45) is 0 Å². The van der Waals surface area contributed by atoms with Gasteiger partial charge in [-0.05, 0) is 25.1 Å². The molecule has 0 atom stereocenters. The van der Waals surface area contributed by atoms with Gasteiger partial charge in [0.25, 0.3) is 5.91 Å². The van der Waals surface area contributed by atoms with Crippen LogP contribution in [-0.2, 0) is 6.54 Å². The van der Waals surface area contributed by atoms with Crippen LogP contribution in [0.3, 0.4) is 0 Å². The van der Waals surface area contributed by atoms with Crippen molar-refractivity contribution in [1.29, 1.82) is 0 Å². The van der Waals surface area contributed by atoms with Crippen LogP contribution in [0.2, 0.25) is 4.34 Å². The molecule has 0 N–H and O–H groups in total. The molecule has 2 aromatic heterocycles. The Labute approximate surface area is 159 Å². The maximum absolute atomic E-state index is 13.9. The lowest BCUT2D eigenvalue weighted by molar-refractivity contribution is 0.0600. The van der Waals surface area contributed by atoms with Gasteiger partial charge < -0.3 is 9.32 Å². The third kappa shape index (κ3) is 3.24. The molecule has 1 saturated heterocycles. The molecule has 0 radical (unpaired) electrons. The van der Waals surface area contributed by atoms with E-state index in [1.807, 2.05) is 12.1 Å². The van der Waals surface area contributed by atoms with Crippen LogP contribution in [0.4, 0.5) is 4.39 Å². The van der Waals surface area contributed by atoms with E-state index in [9.17, 15) is 9.18 Å². The molecule has 3 heterocycles. The van der Waals surface area contributed by atoms with Crippen LogP contribution in [0, 0.1) is 12.7 Å². The summed E-state index contributed by atoms with van der Waals surface area (Å²) < 4.78 is 20.3. The van der Waals surface area contributed by atoms with Crippen molar-refractivity contribution in [2.45, 2.75) is 13.5 Å². The quantitative estimate of drug-likeness (QED) is 0.656. The zero-order chi connectivity index (χ0) is 18.3. The van der Waals surface area contributed by atoms with Crippen molar-refractivity contribution in [3.63, 3.8) is 0 Å². The molecule has 1 aromatic carbocycles. The lowest BCUT2D eigenvalue weighted by Crippen LogP contribution is -2.48. The van der Waals surface area contributed by atoms with Gasteiger partial charge >= 0.3 is 0 Å². The van der Waals surface area contributed by atoms with Crippen LogP contribution < -0.4 is 0 Å². The number of rotatable bonds is 3. The first-order valence-corrected chi connectivity index (χ1v) is 9.66. The van der Waals surface area contributed by atoms with Crippen LogP contribution in [-0.4, -0.2) is 41.9 Å².